The predicted octanol–water partition coefficient (Wildman–Crippen LogP) is 2.27. The van der Waals surface area contributed by atoms with E-state index >= 15 is 0 Å². The first-order valence-electron chi connectivity index (χ1n) is 5.60. The van der Waals surface area contributed by atoms with E-state index in [0.717, 1.165) is 5.56 Å². The van der Waals surface area contributed by atoms with Crippen LogP contribution in [-0.2, 0) is 0 Å². The third-order valence-corrected chi connectivity index (χ3v) is 2.74. The number of hydrogen-bond donors (Lipinski definition) is 1. The molecule has 0 amide bonds. The molecule has 1 aromatic carbocycles. The molecule has 0 fully saturated rings. The highest BCUT2D eigenvalue weighted by molar-refractivity contribution is 5.23. The van der Waals surface area contributed by atoms with Crippen LogP contribution in [0.2, 0.25) is 0 Å². The van der Waals surface area contributed by atoms with E-state index in [1.54, 1.807) is 23.0 Å². The van der Waals surface area contributed by atoms with Crippen LogP contribution >= 0.6 is 0 Å². The maximum Gasteiger partial charge on any atom is 0.128 e. The van der Waals surface area contributed by atoms with Gasteiger partial charge in [-0.3, -0.25) is 4.68 Å². The highest BCUT2D eigenvalue weighted by atomic mass is 19.1. The SMILES string of the molecule is Cc1cnn(C(c2ccccc2F)C(C)N)c1. The minimum absolute atomic E-state index is 0.216. The Labute approximate surface area is 100 Å². The fraction of sp³-hybridized carbons (Fsp3) is 0.308. The Morgan fingerprint density at radius 1 is 1.35 bits per heavy atom. The Morgan fingerprint density at radius 3 is 2.59 bits per heavy atom. The molecule has 1 aromatic heterocycles. The smallest absolute Gasteiger partial charge is 0.128 e. The normalized spacial score (nSPS) is 14.6. The summed E-state index contributed by atoms with van der Waals surface area (Å²) in [5.41, 5.74) is 7.56. The zero-order chi connectivity index (χ0) is 12.4. The standard InChI is InChI=1S/C13H16FN3/c1-9-7-16-17(8-9)13(10(2)15)11-5-3-4-6-12(11)14/h3-8,10,13H,15H2,1-2H3. The van der Waals surface area contributed by atoms with Crippen molar-refractivity contribution in [1.82, 2.24) is 9.78 Å². The number of aryl methyl sites for hydroxylation is 1. The van der Waals surface area contributed by atoms with E-state index in [4.69, 9.17) is 5.73 Å². The molecule has 4 heteroatoms. The molecule has 3 nitrogen and oxygen atoms in total. The molecule has 0 aliphatic heterocycles. The van der Waals surface area contributed by atoms with Gasteiger partial charge < -0.3 is 5.73 Å². The van der Waals surface area contributed by atoms with E-state index in [1.165, 1.54) is 6.07 Å². The Balaban J connectivity index is 2.47. The fourth-order valence-corrected chi connectivity index (χ4v) is 1.97. The zero-order valence-corrected chi connectivity index (χ0v) is 9.97. The Bertz CT molecular complexity index is 505. The summed E-state index contributed by atoms with van der Waals surface area (Å²) in [5.74, 6) is -0.247. The lowest BCUT2D eigenvalue weighted by atomic mass is 10.0. The van der Waals surface area contributed by atoms with Crippen LogP contribution in [0.15, 0.2) is 36.7 Å². The van der Waals surface area contributed by atoms with Gasteiger partial charge in [-0.1, -0.05) is 18.2 Å². The number of nitrogens with two attached hydrogens (primary N) is 1. The summed E-state index contributed by atoms with van der Waals surface area (Å²) in [7, 11) is 0. The van der Waals surface area contributed by atoms with E-state index in [2.05, 4.69) is 5.10 Å². The van der Waals surface area contributed by atoms with Gasteiger partial charge >= 0.3 is 0 Å². The Hall–Kier alpha value is -1.68. The molecule has 0 aliphatic carbocycles. The van der Waals surface area contributed by atoms with E-state index < -0.39 is 0 Å². The van der Waals surface area contributed by atoms with Crippen molar-refractivity contribution in [2.24, 2.45) is 5.73 Å². The highest BCUT2D eigenvalue weighted by Gasteiger charge is 2.21. The van der Waals surface area contributed by atoms with Gasteiger partial charge in [0.1, 0.15) is 5.82 Å². The van der Waals surface area contributed by atoms with Crippen molar-refractivity contribution >= 4 is 0 Å². The molecular weight excluding hydrogens is 217 g/mol. The van der Waals surface area contributed by atoms with Crippen LogP contribution in [0.5, 0.6) is 0 Å². The molecule has 0 saturated carbocycles. The molecule has 0 spiro atoms. The number of hydrogen-bond acceptors (Lipinski definition) is 2. The third kappa shape index (κ3) is 2.36. The Morgan fingerprint density at radius 2 is 2.06 bits per heavy atom. The number of benzene rings is 1. The van der Waals surface area contributed by atoms with Gasteiger partial charge in [-0.15, -0.1) is 0 Å². The van der Waals surface area contributed by atoms with Gasteiger partial charge in [-0.05, 0) is 25.5 Å². The van der Waals surface area contributed by atoms with Crippen molar-refractivity contribution in [3.8, 4) is 0 Å². The molecule has 17 heavy (non-hydrogen) atoms. The molecule has 2 aromatic rings. The Kier molecular flexibility index (Phi) is 3.24. The van der Waals surface area contributed by atoms with Crippen molar-refractivity contribution < 1.29 is 4.39 Å². The predicted molar refractivity (Wildman–Crippen MR) is 65.2 cm³/mol. The number of aromatic nitrogens is 2. The summed E-state index contributed by atoms with van der Waals surface area (Å²) in [6.07, 6.45) is 3.62. The number of nitrogens with zero attached hydrogens (tertiary/aromatic N) is 2. The van der Waals surface area contributed by atoms with Gasteiger partial charge in [0.05, 0.1) is 12.2 Å². The molecule has 2 N–H and O–H groups in total. The van der Waals surface area contributed by atoms with Crippen LogP contribution < -0.4 is 5.73 Å². The molecule has 2 atom stereocenters. The van der Waals surface area contributed by atoms with Crippen LogP contribution in [0.4, 0.5) is 4.39 Å². The molecule has 0 radical (unpaired) electrons. The van der Waals surface area contributed by atoms with Crippen LogP contribution in [0.25, 0.3) is 0 Å². The van der Waals surface area contributed by atoms with Crippen molar-refractivity contribution in [3.63, 3.8) is 0 Å². The van der Waals surface area contributed by atoms with E-state index in [1.807, 2.05) is 26.1 Å². The molecule has 0 bridgehead atoms. The topological polar surface area (TPSA) is 43.8 Å². The molecule has 90 valence electrons. The van der Waals surface area contributed by atoms with Gasteiger partial charge in [0, 0.05) is 17.8 Å². The first-order chi connectivity index (χ1) is 8.09. The second-order valence-corrected chi connectivity index (χ2v) is 4.32. The van der Waals surface area contributed by atoms with Crippen molar-refractivity contribution in [2.75, 3.05) is 0 Å². The molecule has 0 saturated heterocycles. The van der Waals surface area contributed by atoms with Crippen molar-refractivity contribution in [2.45, 2.75) is 25.9 Å². The zero-order valence-electron chi connectivity index (χ0n) is 9.97. The van der Waals surface area contributed by atoms with Gasteiger partial charge in [-0.2, -0.15) is 5.10 Å². The number of halogens is 1. The van der Waals surface area contributed by atoms with Gasteiger partial charge in [0.15, 0.2) is 0 Å². The summed E-state index contributed by atoms with van der Waals surface area (Å²) in [5, 5.41) is 4.22. The van der Waals surface area contributed by atoms with E-state index in [0.29, 0.717) is 5.56 Å². The molecule has 2 rings (SSSR count). The first-order valence-corrected chi connectivity index (χ1v) is 5.60. The average Bonchev–Trinajstić information content (AvgIpc) is 2.68. The second-order valence-electron chi connectivity index (χ2n) is 4.32. The van der Waals surface area contributed by atoms with Crippen LogP contribution in [-0.4, -0.2) is 15.8 Å². The minimum Gasteiger partial charge on any atom is -0.326 e. The number of rotatable bonds is 3. The summed E-state index contributed by atoms with van der Waals surface area (Å²) < 4.78 is 15.5. The third-order valence-electron chi connectivity index (χ3n) is 2.74. The monoisotopic (exact) mass is 233 g/mol. The lowest BCUT2D eigenvalue weighted by Gasteiger charge is -2.22. The summed E-state index contributed by atoms with van der Waals surface area (Å²) in [4.78, 5) is 0. The van der Waals surface area contributed by atoms with Gasteiger partial charge in [0.2, 0.25) is 0 Å². The first kappa shape index (κ1) is 11.8. The summed E-state index contributed by atoms with van der Waals surface area (Å²) in [6.45, 7) is 3.80. The minimum atomic E-state index is -0.273. The van der Waals surface area contributed by atoms with E-state index in [9.17, 15) is 4.39 Å². The highest BCUT2D eigenvalue weighted by Crippen LogP contribution is 2.23. The van der Waals surface area contributed by atoms with Crippen molar-refractivity contribution in [3.05, 3.63) is 53.6 Å². The van der Waals surface area contributed by atoms with Crippen LogP contribution in [0, 0.1) is 12.7 Å². The average molecular weight is 233 g/mol. The maximum absolute atomic E-state index is 13.8. The lowest BCUT2D eigenvalue weighted by molar-refractivity contribution is 0.434. The van der Waals surface area contributed by atoms with Gasteiger partial charge in [-0.25, -0.2) is 4.39 Å². The summed E-state index contributed by atoms with van der Waals surface area (Å²) >= 11 is 0. The lowest BCUT2D eigenvalue weighted by Crippen LogP contribution is -2.31. The summed E-state index contributed by atoms with van der Waals surface area (Å²) in [6, 6.07) is 6.19. The molecular formula is C13H16FN3. The van der Waals surface area contributed by atoms with Crippen LogP contribution in [0.1, 0.15) is 24.1 Å². The molecule has 2 unspecified atom stereocenters. The van der Waals surface area contributed by atoms with E-state index in [-0.39, 0.29) is 17.9 Å². The van der Waals surface area contributed by atoms with Gasteiger partial charge in [0.25, 0.3) is 0 Å². The molecule has 0 aliphatic rings. The van der Waals surface area contributed by atoms with Crippen molar-refractivity contribution in [1.29, 1.82) is 0 Å². The molecule has 1 heterocycles. The van der Waals surface area contributed by atoms with Crippen LogP contribution in [0.3, 0.4) is 0 Å². The largest absolute Gasteiger partial charge is 0.326 e. The maximum atomic E-state index is 13.8. The second kappa shape index (κ2) is 4.67. The quantitative estimate of drug-likeness (QED) is 0.883. The fourth-order valence-electron chi connectivity index (χ4n) is 1.97.